The van der Waals surface area contributed by atoms with E-state index in [0.29, 0.717) is 24.8 Å². The lowest BCUT2D eigenvalue weighted by atomic mass is 9.89. The summed E-state index contributed by atoms with van der Waals surface area (Å²) in [6.07, 6.45) is 8.56. The fourth-order valence-electron chi connectivity index (χ4n) is 6.88. The highest BCUT2D eigenvalue weighted by Crippen LogP contribution is 2.47. The highest BCUT2D eigenvalue weighted by molar-refractivity contribution is 7.19. The molecule has 3 aromatic rings. The number of rotatable bonds is 5. The van der Waals surface area contributed by atoms with Crippen LogP contribution in [0.25, 0.3) is 21.5 Å². The SMILES string of the molecule is Cc1c(C2CCN(C(=O)[C@H]3C[C@H](O)CN3)CC2)sc2[nH]c(-c3cnc(N=CN)c4c3CCC4)c(C(C)C)c12. The van der Waals surface area contributed by atoms with Crippen LogP contribution in [0, 0.1) is 6.92 Å². The Morgan fingerprint density at radius 2 is 2.05 bits per heavy atom. The van der Waals surface area contributed by atoms with Crippen molar-refractivity contribution in [2.24, 2.45) is 10.7 Å². The summed E-state index contributed by atoms with van der Waals surface area (Å²) in [4.78, 5) is 30.4. The van der Waals surface area contributed by atoms with Gasteiger partial charge in [0.15, 0.2) is 5.82 Å². The molecule has 0 radical (unpaired) electrons. The maximum absolute atomic E-state index is 12.9. The Labute approximate surface area is 227 Å². The first-order valence-corrected chi connectivity index (χ1v) is 14.8. The molecule has 2 atom stereocenters. The number of aromatic amines is 1. The number of aliphatic hydroxyl groups is 1. The number of aromatic nitrogens is 2. The van der Waals surface area contributed by atoms with Gasteiger partial charge in [-0.3, -0.25) is 4.79 Å². The minimum absolute atomic E-state index is 0.144. The number of aryl methyl sites for hydroxylation is 1. The van der Waals surface area contributed by atoms with Gasteiger partial charge in [0.2, 0.25) is 5.91 Å². The van der Waals surface area contributed by atoms with Gasteiger partial charge in [0.05, 0.1) is 24.2 Å². The average molecular weight is 535 g/mol. The molecule has 2 fully saturated rings. The molecule has 9 heteroatoms. The zero-order valence-electron chi connectivity index (χ0n) is 22.5. The van der Waals surface area contributed by atoms with Crippen LogP contribution in [0.1, 0.15) is 78.5 Å². The smallest absolute Gasteiger partial charge is 0.239 e. The minimum atomic E-state index is -0.410. The van der Waals surface area contributed by atoms with Crippen LogP contribution in [0.5, 0.6) is 0 Å². The standard InChI is InChI=1S/C29H38N6O2S/c1-15(2)23-24-16(3)26(17-7-9-35(10-8-17)29(37)22-11-18(36)12-31-22)38-28(24)34-25(23)21-13-32-27(33-14-30)20-6-4-5-19(20)21/h13-15,17-18,22,31,34,36H,4-12H2,1-3H3,(H2,30,32,33)/t18-,22+/m0/s1. The number of pyridine rings is 1. The lowest BCUT2D eigenvalue weighted by Crippen LogP contribution is -2.46. The second-order valence-corrected chi connectivity index (χ2v) is 12.5. The van der Waals surface area contributed by atoms with Crippen LogP contribution in [0.4, 0.5) is 5.82 Å². The van der Waals surface area contributed by atoms with E-state index in [1.165, 1.54) is 54.9 Å². The number of carbonyl (C=O) groups excluding carboxylic acids is 1. The first-order chi connectivity index (χ1) is 18.4. The lowest BCUT2D eigenvalue weighted by Gasteiger charge is -2.33. The molecule has 5 heterocycles. The monoisotopic (exact) mass is 534 g/mol. The molecule has 0 aromatic carbocycles. The van der Waals surface area contributed by atoms with E-state index in [1.54, 1.807) is 0 Å². The van der Waals surface area contributed by atoms with E-state index in [-0.39, 0.29) is 11.9 Å². The second-order valence-electron chi connectivity index (χ2n) is 11.4. The first-order valence-electron chi connectivity index (χ1n) is 14.0. The zero-order chi connectivity index (χ0) is 26.6. The lowest BCUT2D eigenvalue weighted by molar-refractivity contribution is -0.134. The topological polar surface area (TPSA) is 120 Å². The number of nitrogens with two attached hydrogens (primary N) is 1. The van der Waals surface area contributed by atoms with E-state index < -0.39 is 6.10 Å². The molecule has 2 saturated heterocycles. The molecule has 2 aliphatic heterocycles. The summed E-state index contributed by atoms with van der Waals surface area (Å²) in [5.74, 6) is 1.74. The van der Waals surface area contributed by atoms with E-state index in [9.17, 15) is 9.90 Å². The molecule has 202 valence electrons. The number of aliphatic imine (C=N–C) groups is 1. The minimum Gasteiger partial charge on any atom is -0.392 e. The maximum atomic E-state index is 12.9. The van der Waals surface area contributed by atoms with Gasteiger partial charge in [-0.05, 0) is 74.0 Å². The van der Waals surface area contributed by atoms with Gasteiger partial charge in [0.25, 0.3) is 0 Å². The number of carbonyl (C=O) groups is 1. The number of fused-ring (bicyclic) bond motifs is 2. The summed E-state index contributed by atoms with van der Waals surface area (Å²) in [7, 11) is 0. The molecule has 0 spiro atoms. The molecule has 0 bridgehead atoms. The number of β-amino-alcohol motifs (C(OH)–C–C–N with tert-alkyl or cyclic N) is 1. The van der Waals surface area contributed by atoms with Crippen molar-refractivity contribution >= 4 is 39.6 Å². The Kier molecular flexibility index (Phi) is 6.78. The second kappa shape index (κ2) is 10.1. The van der Waals surface area contributed by atoms with Crippen molar-refractivity contribution in [2.45, 2.75) is 83.3 Å². The average Bonchev–Trinajstić information content (AvgIpc) is 3.69. The summed E-state index contributed by atoms with van der Waals surface area (Å²) < 4.78 is 0. The Morgan fingerprint density at radius 1 is 1.29 bits per heavy atom. The van der Waals surface area contributed by atoms with Crippen molar-refractivity contribution < 1.29 is 9.90 Å². The van der Waals surface area contributed by atoms with E-state index in [2.05, 4.69) is 36.1 Å². The van der Waals surface area contributed by atoms with Crippen LogP contribution in [0.3, 0.4) is 0 Å². The molecule has 0 unspecified atom stereocenters. The van der Waals surface area contributed by atoms with Gasteiger partial charge in [-0.1, -0.05) is 13.8 Å². The third-order valence-corrected chi connectivity index (χ3v) is 10.1. The molecule has 3 aromatic heterocycles. The maximum Gasteiger partial charge on any atom is 0.239 e. The molecule has 6 rings (SSSR count). The number of aliphatic hydroxyl groups excluding tert-OH is 1. The predicted octanol–water partition coefficient (Wildman–Crippen LogP) is 4.26. The van der Waals surface area contributed by atoms with Crippen molar-refractivity contribution in [3.05, 3.63) is 33.3 Å². The molecular weight excluding hydrogens is 496 g/mol. The van der Waals surface area contributed by atoms with Crippen LogP contribution in [0.2, 0.25) is 0 Å². The molecule has 38 heavy (non-hydrogen) atoms. The number of thiophene rings is 1. The molecule has 0 saturated carbocycles. The normalized spacial score (nSPS) is 22.4. The van der Waals surface area contributed by atoms with Crippen LogP contribution in [-0.4, -0.2) is 64.0 Å². The Hall–Kier alpha value is -2.75. The fraction of sp³-hybridized carbons (Fsp3) is 0.552. The van der Waals surface area contributed by atoms with Gasteiger partial charge in [0, 0.05) is 47.2 Å². The van der Waals surface area contributed by atoms with Crippen molar-refractivity contribution in [1.29, 1.82) is 0 Å². The Balaban J connectivity index is 1.29. The molecule has 8 nitrogen and oxygen atoms in total. The number of nitrogens with one attached hydrogen (secondary N) is 2. The van der Waals surface area contributed by atoms with E-state index >= 15 is 0 Å². The fourth-order valence-corrected chi connectivity index (χ4v) is 8.28. The van der Waals surface area contributed by atoms with Crippen molar-refractivity contribution in [3.8, 4) is 11.3 Å². The quantitative estimate of drug-likeness (QED) is 0.288. The summed E-state index contributed by atoms with van der Waals surface area (Å²) in [5.41, 5.74) is 13.4. The Bertz CT molecular complexity index is 1400. The number of hydrogen-bond acceptors (Lipinski definition) is 6. The summed E-state index contributed by atoms with van der Waals surface area (Å²) in [6.45, 7) is 8.91. The number of amides is 1. The summed E-state index contributed by atoms with van der Waals surface area (Å²) >= 11 is 1.89. The van der Waals surface area contributed by atoms with Crippen molar-refractivity contribution in [1.82, 2.24) is 20.2 Å². The van der Waals surface area contributed by atoms with Gasteiger partial charge < -0.3 is 26.0 Å². The Morgan fingerprint density at radius 3 is 2.74 bits per heavy atom. The van der Waals surface area contributed by atoms with Crippen LogP contribution in [0.15, 0.2) is 11.2 Å². The molecule has 1 aliphatic carbocycles. The third kappa shape index (κ3) is 4.25. The number of hydrogen-bond donors (Lipinski definition) is 4. The van der Waals surface area contributed by atoms with E-state index in [1.807, 2.05) is 22.4 Å². The number of piperidine rings is 1. The predicted molar refractivity (Wildman–Crippen MR) is 154 cm³/mol. The number of H-pyrrole nitrogens is 1. The number of likely N-dealkylation sites (tertiary alicyclic amines) is 1. The third-order valence-electron chi connectivity index (χ3n) is 8.72. The number of nitrogens with zero attached hydrogens (tertiary/aromatic N) is 3. The van der Waals surface area contributed by atoms with E-state index in [0.717, 1.165) is 51.0 Å². The summed E-state index contributed by atoms with van der Waals surface area (Å²) in [5, 5.41) is 14.3. The molecule has 3 aliphatic rings. The van der Waals surface area contributed by atoms with Gasteiger partial charge in [-0.15, -0.1) is 11.3 Å². The highest BCUT2D eigenvalue weighted by Gasteiger charge is 2.35. The first kappa shape index (κ1) is 25.5. The zero-order valence-corrected chi connectivity index (χ0v) is 23.3. The highest BCUT2D eigenvalue weighted by atomic mass is 32.1. The van der Waals surface area contributed by atoms with Crippen molar-refractivity contribution in [2.75, 3.05) is 19.6 Å². The molecule has 1 amide bonds. The van der Waals surface area contributed by atoms with Gasteiger partial charge in [-0.25, -0.2) is 9.98 Å². The summed E-state index contributed by atoms with van der Waals surface area (Å²) in [6, 6.07) is -0.234. The van der Waals surface area contributed by atoms with Gasteiger partial charge in [-0.2, -0.15) is 0 Å². The van der Waals surface area contributed by atoms with Crippen LogP contribution >= 0.6 is 11.3 Å². The molecule has 5 N–H and O–H groups in total. The van der Waals surface area contributed by atoms with E-state index in [4.69, 9.17) is 10.7 Å². The van der Waals surface area contributed by atoms with Crippen LogP contribution < -0.4 is 11.1 Å². The van der Waals surface area contributed by atoms with Crippen molar-refractivity contribution in [3.63, 3.8) is 0 Å². The molecular formula is C29H38N6O2S. The van der Waals surface area contributed by atoms with Gasteiger partial charge >= 0.3 is 0 Å². The van der Waals surface area contributed by atoms with Crippen LogP contribution in [-0.2, 0) is 17.6 Å². The largest absolute Gasteiger partial charge is 0.392 e. The van der Waals surface area contributed by atoms with Gasteiger partial charge in [0.1, 0.15) is 4.83 Å².